The Bertz CT molecular complexity index is 2250. The van der Waals surface area contributed by atoms with E-state index in [0.29, 0.717) is 36.1 Å². The summed E-state index contributed by atoms with van der Waals surface area (Å²) in [7, 11) is 1.22. The second-order valence-corrected chi connectivity index (χ2v) is 12.7. The van der Waals surface area contributed by atoms with Gasteiger partial charge in [0.15, 0.2) is 11.8 Å². The second-order valence-electron chi connectivity index (χ2n) is 12.7. The highest BCUT2D eigenvalue weighted by Crippen LogP contribution is 2.40. The minimum Gasteiger partial charge on any atom is -0.496 e. The van der Waals surface area contributed by atoms with Crippen molar-refractivity contribution < 1.29 is 63.8 Å². The predicted octanol–water partition coefficient (Wildman–Crippen LogP) is 9.35. The highest BCUT2D eigenvalue weighted by atomic mass is 19.4. The fourth-order valence-corrected chi connectivity index (χ4v) is 5.88. The summed E-state index contributed by atoms with van der Waals surface area (Å²) >= 11 is 0. The van der Waals surface area contributed by atoms with Crippen LogP contribution in [0.3, 0.4) is 0 Å². The number of alkyl carbamates (subject to hydrolysis) is 1. The molecule has 2 amide bonds. The number of anilines is 2. The number of benzene rings is 4. The van der Waals surface area contributed by atoms with Crippen LogP contribution < -0.4 is 20.7 Å². The van der Waals surface area contributed by atoms with Gasteiger partial charge in [-0.15, -0.1) is 0 Å². The molecule has 1 unspecified atom stereocenters. The van der Waals surface area contributed by atoms with E-state index in [0.717, 1.165) is 36.8 Å². The van der Waals surface area contributed by atoms with Crippen molar-refractivity contribution in [3.63, 3.8) is 0 Å². The van der Waals surface area contributed by atoms with Crippen molar-refractivity contribution in [3.05, 3.63) is 106 Å². The molecular weight excluding hydrogens is 748 g/mol. The number of hydrogen-bond donors (Lipinski definition) is 4. The highest BCUT2D eigenvalue weighted by molar-refractivity contribution is 6.08. The minimum absolute atomic E-state index is 0.0598. The lowest BCUT2D eigenvalue weighted by atomic mass is 9.93. The Morgan fingerprint density at radius 2 is 1.67 bits per heavy atom. The van der Waals surface area contributed by atoms with Gasteiger partial charge in [0.25, 0.3) is 5.91 Å². The van der Waals surface area contributed by atoms with Crippen LogP contribution >= 0.6 is 0 Å². The summed E-state index contributed by atoms with van der Waals surface area (Å²) in [5.41, 5.74) is -2.98. The average Bonchev–Trinajstić information content (AvgIpc) is 3.47. The maximum absolute atomic E-state index is 15.3. The van der Waals surface area contributed by atoms with Crippen molar-refractivity contribution in [1.29, 1.82) is 0 Å². The Labute approximate surface area is 306 Å². The van der Waals surface area contributed by atoms with Crippen LogP contribution in [0.1, 0.15) is 64.3 Å². The monoisotopic (exact) mass is 778 g/mol. The summed E-state index contributed by atoms with van der Waals surface area (Å²) in [6.07, 6.45) is -14.0. The number of nitrogens with one attached hydrogen (secondary N) is 3. The number of nitrogens with zero attached hydrogens (tertiary/aromatic N) is 1. The summed E-state index contributed by atoms with van der Waals surface area (Å²) < 4.78 is 127. The quantitative estimate of drug-likeness (QED) is 0.0814. The summed E-state index contributed by atoms with van der Waals surface area (Å²) in [5, 5.41) is 22.7. The summed E-state index contributed by atoms with van der Waals surface area (Å²) in [4.78, 5) is 26.2. The minimum atomic E-state index is -5.07. The van der Waals surface area contributed by atoms with E-state index < -0.39 is 59.4 Å². The molecule has 6 rings (SSSR count). The van der Waals surface area contributed by atoms with Gasteiger partial charge in [-0.25, -0.2) is 13.6 Å². The molecule has 0 radical (unpaired) electrons. The molecule has 2 atom stereocenters. The Balaban J connectivity index is 1.33. The zero-order chi connectivity index (χ0) is 39.8. The Kier molecular flexibility index (Phi) is 10.6. The fourth-order valence-electron chi connectivity index (χ4n) is 5.88. The van der Waals surface area contributed by atoms with Crippen LogP contribution in [-0.2, 0) is 10.9 Å². The SMILES string of the molecule is COc1ccc(-c2cc([C@H](OC(=O)NC3CCC3)C(F)(F)F)ccc2F)cc1C(=O)Nc1cc2c(C)noc2cc1C(O)Nc1ccc(F)c(C(F)(F)F)c1. The second kappa shape index (κ2) is 15.1. The largest absolute Gasteiger partial charge is 0.496 e. The molecule has 0 spiro atoms. The van der Waals surface area contributed by atoms with Gasteiger partial charge < -0.3 is 35.1 Å². The van der Waals surface area contributed by atoms with Gasteiger partial charge in [-0.05, 0) is 86.3 Å². The van der Waals surface area contributed by atoms with Crippen molar-refractivity contribution in [3.8, 4) is 16.9 Å². The van der Waals surface area contributed by atoms with Crippen LogP contribution in [0.4, 0.5) is 51.3 Å². The molecule has 4 aromatic carbocycles. The van der Waals surface area contributed by atoms with Gasteiger partial charge in [-0.2, -0.15) is 26.3 Å². The maximum atomic E-state index is 15.3. The molecule has 55 heavy (non-hydrogen) atoms. The average molecular weight is 779 g/mol. The highest BCUT2D eigenvalue weighted by Gasteiger charge is 2.45. The first-order valence-electron chi connectivity index (χ1n) is 16.5. The Morgan fingerprint density at radius 3 is 2.33 bits per heavy atom. The number of carbonyl (C=O) groups excluding carboxylic acids is 2. The number of fused-ring (bicyclic) bond motifs is 1. The first-order valence-corrected chi connectivity index (χ1v) is 16.5. The lowest BCUT2D eigenvalue weighted by Gasteiger charge is -2.28. The molecule has 1 aliphatic rings. The van der Waals surface area contributed by atoms with E-state index >= 15 is 4.39 Å². The van der Waals surface area contributed by atoms with Crippen molar-refractivity contribution in [2.45, 2.75) is 56.9 Å². The van der Waals surface area contributed by atoms with Crippen LogP contribution in [0.2, 0.25) is 0 Å². The summed E-state index contributed by atoms with van der Waals surface area (Å²) in [6.45, 7) is 1.58. The van der Waals surface area contributed by atoms with E-state index in [1.807, 2.05) is 0 Å². The van der Waals surface area contributed by atoms with Gasteiger partial charge in [0, 0.05) is 39.5 Å². The predicted molar refractivity (Wildman–Crippen MR) is 181 cm³/mol. The molecule has 1 heterocycles. The normalized spacial score (nSPS) is 14.5. The van der Waals surface area contributed by atoms with Gasteiger partial charge >= 0.3 is 18.4 Å². The number of aromatic nitrogens is 1. The molecule has 1 fully saturated rings. The third-order valence-corrected chi connectivity index (χ3v) is 8.94. The third kappa shape index (κ3) is 8.43. The van der Waals surface area contributed by atoms with Gasteiger partial charge in [0.1, 0.15) is 17.4 Å². The number of halogens is 8. The van der Waals surface area contributed by atoms with E-state index in [-0.39, 0.29) is 51.0 Å². The van der Waals surface area contributed by atoms with Crippen LogP contribution in [-0.4, -0.2) is 41.6 Å². The molecule has 0 saturated heterocycles. The lowest BCUT2D eigenvalue weighted by Crippen LogP contribution is -2.41. The van der Waals surface area contributed by atoms with Crippen LogP contribution in [0.5, 0.6) is 5.75 Å². The zero-order valence-corrected chi connectivity index (χ0v) is 28.7. The van der Waals surface area contributed by atoms with Crippen molar-refractivity contribution in [2.24, 2.45) is 0 Å². The number of ether oxygens (including phenoxy) is 2. The molecule has 10 nitrogen and oxygen atoms in total. The van der Waals surface area contributed by atoms with E-state index in [2.05, 4.69) is 21.1 Å². The Morgan fingerprint density at radius 1 is 0.945 bits per heavy atom. The van der Waals surface area contributed by atoms with Crippen molar-refractivity contribution >= 4 is 34.3 Å². The number of alkyl halides is 6. The number of hydrogen-bond acceptors (Lipinski definition) is 8. The summed E-state index contributed by atoms with van der Waals surface area (Å²) in [5.74, 6) is -3.50. The standard InChI is InChI=1S/C37H30F8N4O6/c1-17-22-15-29(24(16-31(22)55-49-17)33(50)46-21-8-10-28(39)26(14-21)36(40,41)42)48-34(51)25-12-18(7-11-30(25)53-2)23-13-19(6-9-27(23)38)32(37(43,44)45)54-35(52)47-20-4-3-5-20/h6-16,20,32-33,46,50H,3-5H2,1-2H3,(H,47,52)(H,48,51)/t32-,33?/m0/s1. The molecule has 0 bridgehead atoms. The Hall–Kier alpha value is -5.91. The van der Waals surface area contributed by atoms with Gasteiger partial charge in [-0.1, -0.05) is 17.3 Å². The van der Waals surface area contributed by atoms with Gasteiger partial charge in [0.05, 0.1) is 23.9 Å². The van der Waals surface area contributed by atoms with Crippen LogP contribution in [0.25, 0.3) is 22.1 Å². The van der Waals surface area contributed by atoms with Crippen molar-refractivity contribution in [1.82, 2.24) is 10.5 Å². The molecule has 1 aromatic heterocycles. The molecule has 1 aliphatic carbocycles. The maximum Gasteiger partial charge on any atom is 0.429 e. The lowest BCUT2D eigenvalue weighted by molar-refractivity contribution is -0.206. The third-order valence-electron chi connectivity index (χ3n) is 8.94. The molecule has 18 heteroatoms. The van der Waals surface area contributed by atoms with Gasteiger partial charge in [-0.3, -0.25) is 4.79 Å². The van der Waals surface area contributed by atoms with Crippen LogP contribution in [0, 0.1) is 18.6 Å². The van der Waals surface area contributed by atoms with Gasteiger partial charge in [0.2, 0.25) is 6.10 Å². The number of aryl methyl sites for hydroxylation is 1. The van der Waals surface area contributed by atoms with E-state index in [9.17, 15) is 45.4 Å². The number of aliphatic hydroxyl groups excluding tert-OH is 1. The number of rotatable bonds is 10. The molecular formula is C37H30F8N4O6. The van der Waals surface area contributed by atoms with E-state index in [1.165, 1.54) is 31.4 Å². The first kappa shape index (κ1) is 38.8. The van der Waals surface area contributed by atoms with E-state index in [4.69, 9.17) is 14.0 Å². The van der Waals surface area contributed by atoms with Crippen LogP contribution in [0.15, 0.2) is 71.3 Å². The number of amides is 2. The molecule has 1 saturated carbocycles. The van der Waals surface area contributed by atoms with E-state index in [1.54, 1.807) is 6.92 Å². The number of aliphatic hydroxyl groups is 1. The molecule has 290 valence electrons. The number of methoxy groups -OCH3 is 1. The topological polar surface area (TPSA) is 135 Å². The smallest absolute Gasteiger partial charge is 0.429 e. The molecule has 5 aromatic rings. The molecule has 0 aliphatic heterocycles. The summed E-state index contributed by atoms with van der Waals surface area (Å²) in [6, 6.07) is 10.4. The number of carbonyl (C=O) groups is 2. The fraction of sp³-hybridized carbons (Fsp3) is 0.270. The zero-order valence-electron chi connectivity index (χ0n) is 28.7. The van der Waals surface area contributed by atoms with Crippen molar-refractivity contribution in [2.75, 3.05) is 17.7 Å². The first-order chi connectivity index (χ1) is 25.9. The molecule has 4 N–H and O–H groups in total.